The summed E-state index contributed by atoms with van der Waals surface area (Å²) in [6.07, 6.45) is 2.55. The van der Waals surface area contributed by atoms with Crippen LogP contribution in [0, 0.1) is 21.8 Å². The molecule has 0 aliphatic heterocycles. The van der Waals surface area contributed by atoms with Crippen LogP contribution in [0.4, 0.5) is 10.1 Å². The first-order chi connectivity index (χ1) is 9.43. The summed E-state index contributed by atoms with van der Waals surface area (Å²) < 4.78 is 13.4. The Morgan fingerprint density at radius 2 is 2.05 bits per heavy atom. The maximum atomic E-state index is 13.4. The summed E-state index contributed by atoms with van der Waals surface area (Å²) >= 11 is 0. The summed E-state index contributed by atoms with van der Waals surface area (Å²) in [5, 5.41) is 14.2. The molecule has 0 saturated heterocycles. The van der Waals surface area contributed by atoms with E-state index in [1.54, 1.807) is 0 Å². The highest BCUT2D eigenvalue weighted by molar-refractivity contribution is 5.35. The standard InChI is InChI=1S/C15H23FN2O2/c1-4-7-17-15(11(2)3)6-5-12-8-13(16)10-14(9-12)18(19)20/h8-11,15,17H,4-7H2,1-3H3. The molecular weight excluding hydrogens is 259 g/mol. The number of halogens is 1. The number of rotatable bonds is 8. The summed E-state index contributed by atoms with van der Waals surface area (Å²) in [6, 6.07) is 4.14. The molecule has 0 saturated carbocycles. The van der Waals surface area contributed by atoms with Crippen LogP contribution < -0.4 is 5.32 Å². The van der Waals surface area contributed by atoms with Gasteiger partial charge in [-0.1, -0.05) is 20.8 Å². The van der Waals surface area contributed by atoms with Gasteiger partial charge in [0.25, 0.3) is 5.69 Å². The molecule has 112 valence electrons. The Morgan fingerprint density at radius 3 is 2.60 bits per heavy atom. The fourth-order valence-corrected chi connectivity index (χ4v) is 2.21. The number of hydrogen-bond donors (Lipinski definition) is 1. The van der Waals surface area contributed by atoms with Gasteiger partial charge in [-0.2, -0.15) is 0 Å². The Labute approximate surface area is 119 Å². The maximum Gasteiger partial charge on any atom is 0.272 e. The van der Waals surface area contributed by atoms with Gasteiger partial charge in [0.15, 0.2) is 0 Å². The van der Waals surface area contributed by atoms with Gasteiger partial charge in [0.05, 0.1) is 11.0 Å². The topological polar surface area (TPSA) is 55.2 Å². The fraction of sp³-hybridized carbons (Fsp3) is 0.600. The van der Waals surface area contributed by atoms with E-state index in [2.05, 4.69) is 26.1 Å². The van der Waals surface area contributed by atoms with Crippen molar-refractivity contribution in [3.8, 4) is 0 Å². The summed E-state index contributed by atoms with van der Waals surface area (Å²) in [4.78, 5) is 10.2. The Morgan fingerprint density at radius 1 is 1.35 bits per heavy atom. The number of hydrogen-bond acceptors (Lipinski definition) is 3. The van der Waals surface area contributed by atoms with Gasteiger partial charge in [-0.3, -0.25) is 10.1 Å². The van der Waals surface area contributed by atoms with Crippen molar-refractivity contribution in [3.63, 3.8) is 0 Å². The molecule has 0 fully saturated rings. The van der Waals surface area contributed by atoms with E-state index in [9.17, 15) is 14.5 Å². The lowest BCUT2D eigenvalue weighted by Gasteiger charge is -2.22. The largest absolute Gasteiger partial charge is 0.314 e. The van der Waals surface area contributed by atoms with Crippen molar-refractivity contribution in [3.05, 3.63) is 39.7 Å². The summed E-state index contributed by atoms with van der Waals surface area (Å²) in [6.45, 7) is 7.34. The van der Waals surface area contributed by atoms with E-state index in [1.807, 2.05) is 0 Å². The fourth-order valence-electron chi connectivity index (χ4n) is 2.21. The van der Waals surface area contributed by atoms with Crippen molar-refractivity contribution >= 4 is 5.69 Å². The predicted molar refractivity (Wildman–Crippen MR) is 78.3 cm³/mol. The monoisotopic (exact) mass is 282 g/mol. The molecule has 1 unspecified atom stereocenters. The number of nitro benzene ring substituents is 1. The van der Waals surface area contributed by atoms with Crippen molar-refractivity contribution in [2.75, 3.05) is 6.54 Å². The number of non-ortho nitro benzene ring substituents is 1. The molecular formula is C15H23FN2O2. The third kappa shape index (κ3) is 5.25. The Balaban J connectivity index is 2.69. The predicted octanol–water partition coefficient (Wildman–Crippen LogP) is 3.69. The van der Waals surface area contributed by atoms with Gasteiger partial charge in [-0.05, 0) is 43.4 Å². The van der Waals surface area contributed by atoms with Crippen LogP contribution in [-0.4, -0.2) is 17.5 Å². The molecule has 0 radical (unpaired) electrons. The first kappa shape index (κ1) is 16.6. The normalized spacial score (nSPS) is 12.7. The molecule has 1 N–H and O–H groups in total. The minimum Gasteiger partial charge on any atom is -0.314 e. The number of nitrogens with one attached hydrogen (secondary N) is 1. The van der Waals surface area contributed by atoms with Crippen LogP contribution in [0.25, 0.3) is 0 Å². The average molecular weight is 282 g/mol. The summed E-state index contributed by atoms with van der Waals surface area (Å²) in [7, 11) is 0. The van der Waals surface area contributed by atoms with E-state index in [4.69, 9.17) is 0 Å². The molecule has 0 aliphatic carbocycles. The molecule has 0 aromatic heterocycles. The van der Waals surface area contributed by atoms with Gasteiger partial charge < -0.3 is 5.32 Å². The van der Waals surface area contributed by atoms with Crippen LogP contribution in [-0.2, 0) is 6.42 Å². The van der Waals surface area contributed by atoms with Gasteiger partial charge in [0.2, 0.25) is 0 Å². The van der Waals surface area contributed by atoms with Crippen molar-refractivity contribution < 1.29 is 9.31 Å². The molecule has 0 spiro atoms. The Hall–Kier alpha value is -1.49. The lowest BCUT2D eigenvalue weighted by atomic mass is 9.96. The molecule has 5 heteroatoms. The quantitative estimate of drug-likeness (QED) is 0.584. The van der Waals surface area contributed by atoms with Crippen LogP contribution in [0.3, 0.4) is 0 Å². The number of nitrogens with zero attached hydrogens (tertiary/aromatic N) is 1. The SMILES string of the molecule is CCCNC(CCc1cc(F)cc([N+](=O)[O-])c1)C(C)C. The molecule has 0 aliphatic rings. The van der Waals surface area contributed by atoms with Crippen molar-refractivity contribution in [2.45, 2.75) is 46.1 Å². The molecule has 1 atom stereocenters. The lowest BCUT2D eigenvalue weighted by Crippen LogP contribution is -2.34. The van der Waals surface area contributed by atoms with E-state index < -0.39 is 10.7 Å². The van der Waals surface area contributed by atoms with Crippen LogP contribution in [0.5, 0.6) is 0 Å². The van der Waals surface area contributed by atoms with Crippen LogP contribution >= 0.6 is 0 Å². The van der Waals surface area contributed by atoms with Gasteiger partial charge in [-0.25, -0.2) is 4.39 Å². The second kappa shape index (κ2) is 7.94. The zero-order valence-corrected chi connectivity index (χ0v) is 12.4. The molecule has 0 bridgehead atoms. The van der Waals surface area contributed by atoms with Gasteiger partial charge >= 0.3 is 0 Å². The summed E-state index contributed by atoms with van der Waals surface area (Å²) in [5.74, 6) is -0.0677. The third-order valence-corrected chi connectivity index (χ3v) is 3.36. The minimum absolute atomic E-state index is 0.178. The zero-order valence-electron chi connectivity index (χ0n) is 12.4. The van der Waals surface area contributed by atoms with E-state index in [1.165, 1.54) is 12.1 Å². The molecule has 1 aromatic carbocycles. The van der Waals surface area contributed by atoms with Crippen LogP contribution in [0.2, 0.25) is 0 Å². The second-order valence-electron chi connectivity index (χ2n) is 5.42. The van der Waals surface area contributed by atoms with E-state index in [0.29, 0.717) is 23.9 Å². The maximum absolute atomic E-state index is 13.4. The highest BCUT2D eigenvalue weighted by atomic mass is 19.1. The second-order valence-corrected chi connectivity index (χ2v) is 5.42. The molecule has 0 heterocycles. The van der Waals surface area contributed by atoms with Gasteiger partial charge in [-0.15, -0.1) is 0 Å². The average Bonchev–Trinajstić information content (AvgIpc) is 2.37. The summed E-state index contributed by atoms with van der Waals surface area (Å²) in [5.41, 5.74) is 0.503. The Kier molecular flexibility index (Phi) is 6.58. The molecule has 20 heavy (non-hydrogen) atoms. The first-order valence-electron chi connectivity index (χ1n) is 7.11. The van der Waals surface area contributed by atoms with Crippen molar-refractivity contribution in [1.29, 1.82) is 0 Å². The first-order valence-corrected chi connectivity index (χ1v) is 7.11. The minimum atomic E-state index is -0.554. The number of nitro groups is 1. The van der Waals surface area contributed by atoms with E-state index >= 15 is 0 Å². The molecule has 0 amide bonds. The molecule has 1 aromatic rings. The molecule has 1 rings (SSSR count). The van der Waals surface area contributed by atoms with Crippen LogP contribution in [0.1, 0.15) is 39.2 Å². The third-order valence-electron chi connectivity index (χ3n) is 3.36. The zero-order chi connectivity index (χ0) is 15.1. The highest BCUT2D eigenvalue weighted by Crippen LogP contribution is 2.19. The van der Waals surface area contributed by atoms with Gasteiger partial charge in [0, 0.05) is 12.1 Å². The number of benzene rings is 1. The highest BCUT2D eigenvalue weighted by Gasteiger charge is 2.14. The lowest BCUT2D eigenvalue weighted by molar-refractivity contribution is -0.385. The van der Waals surface area contributed by atoms with E-state index in [0.717, 1.165) is 25.5 Å². The van der Waals surface area contributed by atoms with Crippen LogP contribution in [0.15, 0.2) is 18.2 Å². The van der Waals surface area contributed by atoms with Crippen molar-refractivity contribution in [1.82, 2.24) is 5.32 Å². The van der Waals surface area contributed by atoms with Gasteiger partial charge in [0.1, 0.15) is 5.82 Å². The molecule has 4 nitrogen and oxygen atoms in total. The Bertz CT molecular complexity index is 449. The van der Waals surface area contributed by atoms with E-state index in [-0.39, 0.29) is 5.69 Å². The smallest absolute Gasteiger partial charge is 0.272 e. The van der Waals surface area contributed by atoms with Crippen molar-refractivity contribution in [2.24, 2.45) is 5.92 Å². The number of aryl methyl sites for hydroxylation is 1.